The Morgan fingerprint density at radius 2 is 2.06 bits per heavy atom. The lowest BCUT2D eigenvalue weighted by molar-refractivity contribution is -0.139. The summed E-state index contributed by atoms with van der Waals surface area (Å²) in [5.74, 6) is 0.222. The van der Waals surface area contributed by atoms with Crippen LogP contribution in [-0.2, 0) is 10.9 Å². The number of rotatable bonds is 9. The standard InChI is InChI=1S/C24H31F3N4O4/c1-15(2)11-23(3,31-22(32)33)13-35-20-7-6-16(9-18(20)24(25,26)27)19-10-21(29-14-28-19)30-17-5-4-8-34-12-17/h6-7,9-10,14-15,17,31H,4-5,8,11-13H2,1-3H3,(H,32,33)(H,28,29,30). The summed E-state index contributed by atoms with van der Waals surface area (Å²) in [4.78, 5) is 19.5. The van der Waals surface area contributed by atoms with Crippen molar-refractivity contribution < 1.29 is 32.5 Å². The lowest BCUT2D eigenvalue weighted by atomic mass is 9.91. The molecule has 3 rings (SSSR count). The molecule has 2 atom stereocenters. The molecule has 35 heavy (non-hydrogen) atoms. The first-order chi connectivity index (χ1) is 16.4. The van der Waals surface area contributed by atoms with Gasteiger partial charge < -0.3 is 25.2 Å². The summed E-state index contributed by atoms with van der Waals surface area (Å²) in [6.45, 7) is 6.38. The van der Waals surface area contributed by atoms with Crippen molar-refractivity contribution in [1.29, 1.82) is 0 Å². The molecule has 1 aliphatic heterocycles. The third-order valence-electron chi connectivity index (χ3n) is 5.57. The second kappa shape index (κ2) is 11.1. The molecule has 2 aromatic rings. The number of benzene rings is 1. The minimum atomic E-state index is -4.69. The number of nitrogens with one attached hydrogen (secondary N) is 2. The Balaban J connectivity index is 1.84. The molecular weight excluding hydrogens is 465 g/mol. The van der Waals surface area contributed by atoms with E-state index in [2.05, 4.69) is 20.6 Å². The zero-order chi connectivity index (χ0) is 25.6. The fraction of sp³-hybridized carbons (Fsp3) is 0.542. The quantitative estimate of drug-likeness (QED) is 0.438. The van der Waals surface area contributed by atoms with Crippen LogP contribution in [0.3, 0.4) is 0 Å². The summed E-state index contributed by atoms with van der Waals surface area (Å²) in [7, 11) is 0. The number of hydrogen-bond donors (Lipinski definition) is 3. The molecule has 1 aliphatic rings. The normalized spacial score (nSPS) is 18.1. The van der Waals surface area contributed by atoms with Crippen LogP contribution in [0.5, 0.6) is 5.75 Å². The Morgan fingerprint density at radius 3 is 2.69 bits per heavy atom. The maximum atomic E-state index is 13.9. The van der Waals surface area contributed by atoms with Crippen molar-refractivity contribution in [2.45, 2.75) is 57.8 Å². The minimum absolute atomic E-state index is 0.0765. The summed E-state index contributed by atoms with van der Waals surface area (Å²) in [5, 5.41) is 14.8. The Morgan fingerprint density at radius 1 is 1.29 bits per heavy atom. The van der Waals surface area contributed by atoms with Crippen LogP contribution in [0.25, 0.3) is 11.3 Å². The van der Waals surface area contributed by atoms with E-state index in [9.17, 15) is 18.0 Å². The molecule has 0 saturated carbocycles. The van der Waals surface area contributed by atoms with Crippen molar-refractivity contribution in [3.05, 3.63) is 36.2 Å². The molecule has 1 amide bonds. The van der Waals surface area contributed by atoms with E-state index in [0.717, 1.165) is 18.9 Å². The van der Waals surface area contributed by atoms with E-state index in [1.165, 1.54) is 18.5 Å². The summed E-state index contributed by atoms with van der Waals surface area (Å²) in [6.07, 6.45) is -2.43. The number of hydrogen-bond acceptors (Lipinski definition) is 6. The van der Waals surface area contributed by atoms with Gasteiger partial charge >= 0.3 is 12.3 Å². The number of carboxylic acid groups (broad SMARTS) is 1. The van der Waals surface area contributed by atoms with Crippen molar-refractivity contribution in [1.82, 2.24) is 15.3 Å². The van der Waals surface area contributed by atoms with Crippen LogP contribution in [-0.4, -0.2) is 52.6 Å². The van der Waals surface area contributed by atoms with Crippen LogP contribution in [0.4, 0.5) is 23.8 Å². The van der Waals surface area contributed by atoms with Gasteiger partial charge in [0.05, 0.1) is 29.4 Å². The van der Waals surface area contributed by atoms with E-state index in [1.807, 2.05) is 13.8 Å². The van der Waals surface area contributed by atoms with Crippen molar-refractivity contribution in [2.24, 2.45) is 5.92 Å². The van der Waals surface area contributed by atoms with E-state index in [-0.39, 0.29) is 29.9 Å². The highest BCUT2D eigenvalue weighted by Gasteiger charge is 2.36. The highest BCUT2D eigenvalue weighted by atomic mass is 19.4. The number of amides is 1. The predicted molar refractivity (Wildman–Crippen MR) is 124 cm³/mol. The number of alkyl halides is 3. The van der Waals surface area contributed by atoms with Crippen LogP contribution in [0, 0.1) is 5.92 Å². The molecule has 11 heteroatoms. The number of carbonyl (C=O) groups is 1. The first-order valence-electron chi connectivity index (χ1n) is 11.5. The van der Waals surface area contributed by atoms with Crippen LogP contribution in [0.15, 0.2) is 30.6 Å². The van der Waals surface area contributed by atoms with Gasteiger partial charge in [0.1, 0.15) is 24.5 Å². The second-order valence-electron chi connectivity index (χ2n) is 9.43. The maximum absolute atomic E-state index is 13.9. The lowest BCUT2D eigenvalue weighted by Gasteiger charge is -2.31. The lowest BCUT2D eigenvalue weighted by Crippen LogP contribution is -2.50. The van der Waals surface area contributed by atoms with E-state index < -0.39 is 23.4 Å². The largest absolute Gasteiger partial charge is 0.491 e. The summed E-state index contributed by atoms with van der Waals surface area (Å²) >= 11 is 0. The van der Waals surface area contributed by atoms with Gasteiger partial charge in [-0.2, -0.15) is 13.2 Å². The molecule has 1 fully saturated rings. The Kier molecular flexibility index (Phi) is 8.42. The van der Waals surface area contributed by atoms with Gasteiger partial charge in [0, 0.05) is 18.2 Å². The highest BCUT2D eigenvalue weighted by Crippen LogP contribution is 2.39. The SMILES string of the molecule is CC(C)CC(C)(COc1ccc(-c2cc(NC3CCCOC3)ncn2)cc1C(F)(F)F)NC(=O)O. The van der Waals surface area contributed by atoms with Gasteiger partial charge in [-0.25, -0.2) is 14.8 Å². The van der Waals surface area contributed by atoms with Gasteiger partial charge in [-0.05, 0) is 50.3 Å². The molecule has 0 aliphatic carbocycles. The smallest absolute Gasteiger partial charge is 0.419 e. The highest BCUT2D eigenvalue weighted by molar-refractivity contribution is 5.66. The van der Waals surface area contributed by atoms with Gasteiger partial charge in [-0.15, -0.1) is 0 Å². The molecule has 0 radical (unpaired) electrons. The number of nitrogens with zero attached hydrogens (tertiary/aromatic N) is 2. The van der Waals surface area contributed by atoms with Crippen LogP contribution >= 0.6 is 0 Å². The summed E-state index contributed by atoms with van der Waals surface area (Å²) in [5.41, 5.74) is -1.44. The summed E-state index contributed by atoms with van der Waals surface area (Å²) in [6, 6.07) is 5.38. The topological polar surface area (TPSA) is 106 Å². The van der Waals surface area contributed by atoms with Gasteiger partial charge in [0.2, 0.25) is 0 Å². The molecule has 1 saturated heterocycles. The molecular formula is C24H31F3N4O4. The fourth-order valence-corrected chi connectivity index (χ4v) is 4.24. The minimum Gasteiger partial charge on any atom is -0.491 e. The molecule has 8 nitrogen and oxygen atoms in total. The molecule has 2 heterocycles. The molecule has 192 valence electrons. The monoisotopic (exact) mass is 496 g/mol. The predicted octanol–water partition coefficient (Wildman–Crippen LogP) is 5.20. The first kappa shape index (κ1) is 26.5. The van der Waals surface area contributed by atoms with E-state index >= 15 is 0 Å². The Bertz CT molecular complexity index is 1010. The third-order valence-corrected chi connectivity index (χ3v) is 5.57. The van der Waals surface area contributed by atoms with Crippen molar-refractivity contribution in [2.75, 3.05) is 25.1 Å². The van der Waals surface area contributed by atoms with E-state index in [1.54, 1.807) is 13.0 Å². The Hall–Kier alpha value is -3.08. The molecule has 3 N–H and O–H groups in total. The molecule has 1 aromatic heterocycles. The van der Waals surface area contributed by atoms with Crippen LogP contribution in [0.2, 0.25) is 0 Å². The van der Waals surface area contributed by atoms with Crippen LogP contribution < -0.4 is 15.4 Å². The van der Waals surface area contributed by atoms with Crippen molar-refractivity contribution >= 4 is 11.9 Å². The van der Waals surface area contributed by atoms with Crippen LogP contribution in [0.1, 0.15) is 45.6 Å². The molecule has 1 aromatic carbocycles. The van der Waals surface area contributed by atoms with Gasteiger partial charge in [-0.1, -0.05) is 13.8 Å². The first-order valence-corrected chi connectivity index (χ1v) is 11.5. The van der Waals surface area contributed by atoms with Crippen molar-refractivity contribution in [3.63, 3.8) is 0 Å². The molecule has 2 unspecified atom stereocenters. The van der Waals surface area contributed by atoms with Gasteiger partial charge in [-0.3, -0.25) is 0 Å². The summed E-state index contributed by atoms with van der Waals surface area (Å²) < 4.78 is 52.8. The number of anilines is 1. The molecule has 0 spiro atoms. The van der Waals surface area contributed by atoms with E-state index in [0.29, 0.717) is 31.1 Å². The number of ether oxygens (including phenoxy) is 2. The maximum Gasteiger partial charge on any atom is 0.419 e. The van der Waals surface area contributed by atoms with E-state index in [4.69, 9.17) is 14.6 Å². The van der Waals surface area contributed by atoms with Crippen molar-refractivity contribution in [3.8, 4) is 17.0 Å². The fourth-order valence-electron chi connectivity index (χ4n) is 4.24. The average Bonchev–Trinajstić information content (AvgIpc) is 2.77. The average molecular weight is 497 g/mol. The number of halogens is 3. The molecule has 0 bridgehead atoms. The second-order valence-corrected chi connectivity index (χ2v) is 9.43. The zero-order valence-corrected chi connectivity index (χ0v) is 20.0. The Labute approximate surface area is 202 Å². The van der Waals surface area contributed by atoms with Gasteiger partial charge in [0.15, 0.2) is 0 Å². The third kappa shape index (κ3) is 7.71. The zero-order valence-electron chi connectivity index (χ0n) is 20.0. The van der Waals surface area contributed by atoms with Gasteiger partial charge in [0.25, 0.3) is 0 Å². The number of aromatic nitrogens is 2.